The van der Waals surface area contributed by atoms with Crippen LogP contribution in [0.25, 0.3) is 5.65 Å². The Morgan fingerprint density at radius 1 is 1.09 bits per heavy atom. The van der Waals surface area contributed by atoms with Crippen LogP contribution < -0.4 is 20.5 Å². The molecule has 0 aliphatic heterocycles. The summed E-state index contributed by atoms with van der Waals surface area (Å²) in [5, 5.41) is 7.54. The first-order chi connectivity index (χ1) is 11.2. The second-order valence-electron chi connectivity index (χ2n) is 5.02. The van der Waals surface area contributed by atoms with Crippen LogP contribution in [0.4, 0.5) is 11.8 Å². The number of benzene rings is 1. The predicted octanol–water partition coefficient (Wildman–Crippen LogP) is 1.98. The molecule has 7 nitrogen and oxygen atoms in total. The summed E-state index contributed by atoms with van der Waals surface area (Å²) in [5.74, 6) is 2.53. The highest BCUT2D eigenvalue weighted by Crippen LogP contribution is 2.22. The van der Waals surface area contributed by atoms with Crippen molar-refractivity contribution in [2.75, 3.05) is 31.8 Å². The van der Waals surface area contributed by atoms with Crippen molar-refractivity contribution in [2.24, 2.45) is 0 Å². The van der Waals surface area contributed by atoms with Crippen LogP contribution in [-0.2, 0) is 6.42 Å². The van der Waals surface area contributed by atoms with Gasteiger partial charge in [0.2, 0.25) is 11.6 Å². The summed E-state index contributed by atoms with van der Waals surface area (Å²) in [7, 11) is 3.26. The SMILES string of the molecule is COc1ccc(CCNc2ccc(OC)c3nc(N)nn23)cc1. The Kier molecular flexibility index (Phi) is 4.18. The van der Waals surface area contributed by atoms with Crippen molar-refractivity contribution in [1.29, 1.82) is 0 Å². The number of nitrogens with zero attached hydrogens (tertiary/aromatic N) is 3. The molecule has 7 heteroatoms. The lowest BCUT2D eigenvalue weighted by Gasteiger charge is -2.10. The summed E-state index contributed by atoms with van der Waals surface area (Å²) in [5.41, 5.74) is 7.51. The van der Waals surface area contributed by atoms with E-state index in [-0.39, 0.29) is 5.95 Å². The average molecular weight is 313 g/mol. The monoisotopic (exact) mass is 313 g/mol. The third kappa shape index (κ3) is 3.13. The van der Waals surface area contributed by atoms with Gasteiger partial charge in [0.1, 0.15) is 11.6 Å². The lowest BCUT2D eigenvalue weighted by Crippen LogP contribution is -2.09. The molecule has 0 saturated heterocycles. The van der Waals surface area contributed by atoms with Crippen molar-refractivity contribution in [2.45, 2.75) is 6.42 Å². The largest absolute Gasteiger partial charge is 0.497 e. The molecule has 3 aromatic rings. The van der Waals surface area contributed by atoms with Crippen LogP contribution in [-0.4, -0.2) is 35.4 Å². The van der Waals surface area contributed by atoms with E-state index < -0.39 is 0 Å². The first-order valence-corrected chi connectivity index (χ1v) is 7.27. The molecule has 0 amide bonds. The average Bonchev–Trinajstić information content (AvgIpc) is 2.97. The zero-order valence-electron chi connectivity index (χ0n) is 13.1. The lowest BCUT2D eigenvalue weighted by atomic mass is 10.1. The summed E-state index contributed by atoms with van der Waals surface area (Å²) in [6, 6.07) is 11.8. The maximum absolute atomic E-state index is 5.69. The number of hydrogen-bond acceptors (Lipinski definition) is 6. The maximum atomic E-state index is 5.69. The zero-order chi connectivity index (χ0) is 16.2. The highest BCUT2D eigenvalue weighted by molar-refractivity contribution is 5.61. The van der Waals surface area contributed by atoms with Gasteiger partial charge in [-0.2, -0.15) is 9.50 Å². The highest BCUT2D eigenvalue weighted by Gasteiger charge is 2.10. The summed E-state index contributed by atoms with van der Waals surface area (Å²) in [6.45, 7) is 0.757. The van der Waals surface area contributed by atoms with Crippen molar-refractivity contribution < 1.29 is 9.47 Å². The number of nitrogens with two attached hydrogens (primary N) is 1. The van der Waals surface area contributed by atoms with Crippen LogP contribution >= 0.6 is 0 Å². The molecule has 1 aromatic carbocycles. The molecule has 2 aromatic heterocycles. The molecular formula is C16H19N5O2. The molecule has 0 atom stereocenters. The quantitative estimate of drug-likeness (QED) is 0.723. The van der Waals surface area contributed by atoms with E-state index in [0.29, 0.717) is 11.4 Å². The number of pyridine rings is 1. The Balaban J connectivity index is 1.71. The highest BCUT2D eigenvalue weighted by atomic mass is 16.5. The molecule has 0 fully saturated rings. The van der Waals surface area contributed by atoms with Gasteiger partial charge in [0.15, 0.2) is 5.75 Å². The molecule has 0 radical (unpaired) electrons. The van der Waals surface area contributed by atoms with Crippen LogP contribution in [0.3, 0.4) is 0 Å². The van der Waals surface area contributed by atoms with Gasteiger partial charge in [-0.1, -0.05) is 12.1 Å². The molecule has 23 heavy (non-hydrogen) atoms. The van der Waals surface area contributed by atoms with Crippen molar-refractivity contribution in [1.82, 2.24) is 14.6 Å². The van der Waals surface area contributed by atoms with Crippen LogP contribution in [0.5, 0.6) is 11.5 Å². The number of nitrogen functional groups attached to an aromatic ring is 1. The number of aromatic nitrogens is 3. The van der Waals surface area contributed by atoms with Crippen LogP contribution in [0.1, 0.15) is 5.56 Å². The number of nitrogens with one attached hydrogen (secondary N) is 1. The molecule has 0 spiro atoms. The van der Waals surface area contributed by atoms with Crippen LogP contribution in [0.2, 0.25) is 0 Å². The number of ether oxygens (including phenoxy) is 2. The number of anilines is 2. The summed E-state index contributed by atoms with van der Waals surface area (Å²) >= 11 is 0. The van der Waals surface area contributed by atoms with Gasteiger partial charge in [0.25, 0.3) is 0 Å². The molecule has 3 rings (SSSR count). The Morgan fingerprint density at radius 2 is 1.87 bits per heavy atom. The number of fused-ring (bicyclic) bond motifs is 1. The van der Waals surface area contributed by atoms with Gasteiger partial charge in [-0.05, 0) is 36.2 Å². The van der Waals surface area contributed by atoms with Crippen molar-refractivity contribution >= 4 is 17.4 Å². The lowest BCUT2D eigenvalue weighted by molar-refractivity contribution is 0.414. The molecule has 0 aliphatic rings. The molecular weight excluding hydrogens is 294 g/mol. The number of rotatable bonds is 6. The minimum atomic E-state index is 0.215. The van der Waals surface area contributed by atoms with E-state index in [4.69, 9.17) is 15.2 Å². The van der Waals surface area contributed by atoms with E-state index in [2.05, 4.69) is 27.5 Å². The Hall–Kier alpha value is -2.96. The normalized spacial score (nSPS) is 10.7. The molecule has 0 unspecified atom stereocenters. The van der Waals surface area contributed by atoms with E-state index in [1.54, 1.807) is 18.7 Å². The predicted molar refractivity (Wildman–Crippen MR) is 89.1 cm³/mol. The van der Waals surface area contributed by atoms with Crippen molar-refractivity contribution in [3.63, 3.8) is 0 Å². The maximum Gasteiger partial charge on any atom is 0.240 e. The summed E-state index contributed by atoms with van der Waals surface area (Å²) in [4.78, 5) is 4.18. The molecule has 3 N–H and O–H groups in total. The minimum Gasteiger partial charge on any atom is -0.497 e. The smallest absolute Gasteiger partial charge is 0.240 e. The number of hydrogen-bond donors (Lipinski definition) is 2. The Labute approximate surface area is 134 Å². The zero-order valence-corrected chi connectivity index (χ0v) is 13.1. The topological polar surface area (TPSA) is 86.7 Å². The standard InChI is InChI=1S/C16H19N5O2/c1-22-12-5-3-11(4-6-12)9-10-18-14-8-7-13(23-2)15-19-16(17)20-21(14)15/h3-8,18H,9-10H2,1-2H3,(H2,17,20). The van der Waals surface area contributed by atoms with Gasteiger partial charge in [0, 0.05) is 6.54 Å². The van der Waals surface area contributed by atoms with Gasteiger partial charge in [-0.25, -0.2) is 0 Å². The van der Waals surface area contributed by atoms with E-state index in [1.807, 2.05) is 24.3 Å². The first kappa shape index (κ1) is 15.0. The minimum absolute atomic E-state index is 0.215. The van der Waals surface area contributed by atoms with Gasteiger partial charge in [-0.3, -0.25) is 0 Å². The van der Waals surface area contributed by atoms with Crippen LogP contribution in [0, 0.1) is 0 Å². The molecule has 0 saturated carbocycles. The van der Waals surface area contributed by atoms with E-state index in [9.17, 15) is 0 Å². The Bertz CT molecular complexity index is 798. The number of methoxy groups -OCH3 is 2. The second kappa shape index (κ2) is 6.43. The molecule has 2 heterocycles. The third-order valence-corrected chi connectivity index (χ3v) is 3.56. The first-order valence-electron chi connectivity index (χ1n) is 7.27. The van der Waals surface area contributed by atoms with Crippen molar-refractivity contribution in [3.05, 3.63) is 42.0 Å². The van der Waals surface area contributed by atoms with Gasteiger partial charge in [0.05, 0.1) is 14.2 Å². The fraction of sp³-hybridized carbons (Fsp3) is 0.250. The van der Waals surface area contributed by atoms with Crippen LogP contribution in [0.15, 0.2) is 36.4 Å². The van der Waals surface area contributed by atoms with E-state index >= 15 is 0 Å². The van der Waals surface area contributed by atoms with Gasteiger partial charge < -0.3 is 20.5 Å². The fourth-order valence-electron chi connectivity index (χ4n) is 2.38. The molecule has 120 valence electrons. The van der Waals surface area contributed by atoms with Crippen molar-refractivity contribution in [3.8, 4) is 11.5 Å². The van der Waals surface area contributed by atoms with E-state index in [1.165, 1.54) is 5.56 Å². The van der Waals surface area contributed by atoms with Gasteiger partial charge >= 0.3 is 0 Å². The Morgan fingerprint density at radius 3 is 2.57 bits per heavy atom. The third-order valence-electron chi connectivity index (χ3n) is 3.56. The molecule has 0 bridgehead atoms. The summed E-state index contributed by atoms with van der Waals surface area (Å²) in [6.07, 6.45) is 0.877. The summed E-state index contributed by atoms with van der Waals surface area (Å²) < 4.78 is 12.1. The van der Waals surface area contributed by atoms with E-state index in [0.717, 1.165) is 24.5 Å². The molecule has 0 aliphatic carbocycles. The second-order valence-corrected chi connectivity index (χ2v) is 5.02. The van der Waals surface area contributed by atoms with Gasteiger partial charge in [-0.15, -0.1) is 5.10 Å². The fourth-order valence-corrected chi connectivity index (χ4v) is 2.38.